The van der Waals surface area contributed by atoms with Crippen LogP contribution in [-0.2, 0) is 4.79 Å². The standard InChI is InChI=1S/C23H28N2O/c26-22(21-17-23(21)12-15-24-16-13-23)25-14-11-20(18-7-3-1-4-8-18)19-9-5-2-6-10-19/h1-10,20-21,24H,11-17H2,(H,25,26). The number of amides is 1. The highest BCUT2D eigenvalue weighted by Crippen LogP contribution is 2.58. The SMILES string of the molecule is O=C(NCCC(c1ccccc1)c1ccccc1)C1CC12CCNCC2. The van der Waals surface area contributed by atoms with Crippen molar-refractivity contribution < 1.29 is 4.79 Å². The summed E-state index contributed by atoms with van der Waals surface area (Å²) in [6, 6.07) is 21.2. The third-order valence-electron chi connectivity index (χ3n) is 6.24. The molecular weight excluding hydrogens is 320 g/mol. The molecule has 0 aromatic heterocycles. The van der Waals surface area contributed by atoms with Crippen molar-refractivity contribution in [3.05, 3.63) is 71.8 Å². The van der Waals surface area contributed by atoms with E-state index >= 15 is 0 Å². The van der Waals surface area contributed by atoms with Gasteiger partial charge in [-0.15, -0.1) is 0 Å². The van der Waals surface area contributed by atoms with Crippen LogP contribution in [0.4, 0.5) is 0 Å². The fourth-order valence-corrected chi connectivity index (χ4v) is 4.56. The molecule has 1 aliphatic carbocycles. The minimum absolute atomic E-state index is 0.247. The average Bonchev–Trinajstić information content (AvgIpc) is 3.40. The lowest BCUT2D eigenvalue weighted by atomic mass is 9.88. The van der Waals surface area contributed by atoms with E-state index in [2.05, 4.69) is 71.3 Å². The summed E-state index contributed by atoms with van der Waals surface area (Å²) in [6.45, 7) is 2.86. The molecule has 4 rings (SSSR count). The van der Waals surface area contributed by atoms with Crippen molar-refractivity contribution in [3.8, 4) is 0 Å². The smallest absolute Gasteiger partial charge is 0.223 e. The van der Waals surface area contributed by atoms with Crippen molar-refractivity contribution >= 4 is 5.91 Å². The topological polar surface area (TPSA) is 41.1 Å². The fourth-order valence-electron chi connectivity index (χ4n) is 4.56. The summed E-state index contributed by atoms with van der Waals surface area (Å²) in [5.74, 6) is 0.841. The molecule has 1 heterocycles. The van der Waals surface area contributed by atoms with Crippen LogP contribution in [-0.4, -0.2) is 25.5 Å². The molecule has 2 fully saturated rings. The molecule has 1 unspecified atom stereocenters. The molecular formula is C23H28N2O. The number of nitrogens with one attached hydrogen (secondary N) is 2. The number of carbonyl (C=O) groups excluding carboxylic acids is 1. The zero-order valence-electron chi connectivity index (χ0n) is 15.3. The maximum Gasteiger partial charge on any atom is 0.223 e. The number of hydrogen-bond acceptors (Lipinski definition) is 2. The van der Waals surface area contributed by atoms with Crippen LogP contribution >= 0.6 is 0 Å². The highest BCUT2D eigenvalue weighted by atomic mass is 16.2. The van der Waals surface area contributed by atoms with E-state index in [0.717, 1.165) is 45.3 Å². The zero-order chi connectivity index (χ0) is 17.8. The van der Waals surface area contributed by atoms with Crippen LogP contribution in [0.1, 0.15) is 42.7 Å². The summed E-state index contributed by atoms with van der Waals surface area (Å²) < 4.78 is 0. The summed E-state index contributed by atoms with van der Waals surface area (Å²) >= 11 is 0. The second kappa shape index (κ2) is 7.63. The molecule has 0 radical (unpaired) electrons. The minimum Gasteiger partial charge on any atom is -0.356 e. The van der Waals surface area contributed by atoms with Crippen LogP contribution in [0.15, 0.2) is 60.7 Å². The first-order valence-electron chi connectivity index (χ1n) is 9.87. The van der Waals surface area contributed by atoms with E-state index in [4.69, 9.17) is 0 Å². The molecule has 26 heavy (non-hydrogen) atoms. The summed E-state index contributed by atoms with van der Waals surface area (Å²) in [6.07, 6.45) is 4.33. The summed E-state index contributed by atoms with van der Waals surface area (Å²) in [7, 11) is 0. The van der Waals surface area contributed by atoms with E-state index in [1.165, 1.54) is 11.1 Å². The van der Waals surface area contributed by atoms with Gasteiger partial charge in [0.15, 0.2) is 0 Å². The van der Waals surface area contributed by atoms with Gasteiger partial charge in [0.05, 0.1) is 0 Å². The van der Waals surface area contributed by atoms with Gasteiger partial charge in [0.25, 0.3) is 0 Å². The molecule has 2 aromatic carbocycles. The lowest BCUT2D eigenvalue weighted by molar-refractivity contribution is -0.123. The van der Waals surface area contributed by atoms with E-state index in [9.17, 15) is 4.79 Å². The summed E-state index contributed by atoms with van der Waals surface area (Å²) in [5.41, 5.74) is 2.94. The van der Waals surface area contributed by atoms with Gasteiger partial charge >= 0.3 is 0 Å². The normalized spacial score (nSPS) is 20.9. The minimum atomic E-state index is 0.247. The van der Waals surface area contributed by atoms with Crippen molar-refractivity contribution in [3.63, 3.8) is 0 Å². The number of rotatable bonds is 6. The molecule has 3 nitrogen and oxygen atoms in total. The van der Waals surface area contributed by atoms with Crippen LogP contribution in [0.3, 0.4) is 0 Å². The van der Waals surface area contributed by atoms with Gasteiger partial charge in [-0.1, -0.05) is 60.7 Å². The van der Waals surface area contributed by atoms with Crippen LogP contribution in [0, 0.1) is 11.3 Å². The Bertz CT molecular complexity index is 683. The highest BCUT2D eigenvalue weighted by Gasteiger charge is 2.57. The Hall–Kier alpha value is -2.13. The molecule has 2 aliphatic rings. The van der Waals surface area contributed by atoms with Crippen molar-refractivity contribution in [1.82, 2.24) is 10.6 Å². The number of benzene rings is 2. The van der Waals surface area contributed by atoms with Gasteiger partial charge in [-0.25, -0.2) is 0 Å². The molecule has 136 valence electrons. The van der Waals surface area contributed by atoms with Crippen LogP contribution < -0.4 is 10.6 Å². The van der Waals surface area contributed by atoms with Gasteiger partial charge in [0.2, 0.25) is 5.91 Å². The summed E-state index contributed by atoms with van der Waals surface area (Å²) in [5, 5.41) is 6.63. The predicted octanol–water partition coefficient (Wildman–Crippen LogP) is 3.71. The molecule has 1 aliphatic heterocycles. The quantitative estimate of drug-likeness (QED) is 0.835. The van der Waals surface area contributed by atoms with Crippen LogP contribution in [0.5, 0.6) is 0 Å². The monoisotopic (exact) mass is 348 g/mol. The predicted molar refractivity (Wildman–Crippen MR) is 105 cm³/mol. The first-order chi connectivity index (χ1) is 12.8. The van der Waals surface area contributed by atoms with Crippen molar-refractivity contribution in [1.29, 1.82) is 0 Å². The largest absolute Gasteiger partial charge is 0.356 e. The second-order valence-electron chi connectivity index (χ2n) is 7.82. The van der Waals surface area contributed by atoms with Gasteiger partial charge in [0, 0.05) is 18.4 Å². The van der Waals surface area contributed by atoms with Gasteiger partial charge in [0.1, 0.15) is 0 Å². The Morgan fingerprint density at radius 2 is 1.58 bits per heavy atom. The molecule has 1 saturated heterocycles. The van der Waals surface area contributed by atoms with Gasteiger partial charge in [-0.05, 0) is 55.3 Å². The number of carbonyl (C=O) groups is 1. The van der Waals surface area contributed by atoms with Crippen molar-refractivity contribution in [2.75, 3.05) is 19.6 Å². The zero-order valence-corrected chi connectivity index (χ0v) is 15.3. The molecule has 1 saturated carbocycles. The molecule has 2 aromatic rings. The van der Waals surface area contributed by atoms with E-state index in [0.29, 0.717) is 11.3 Å². The Morgan fingerprint density at radius 3 is 2.15 bits per heavy atom. The molecule has 3 heteroatoms. The number of hydrogen-bond donors (Lipinski definition) is 2. The van der Waals surface area contributed by atoms with Gasteiger partial charge < -0.3 is 10.6 Å². The van der Waals surface area contributed by atoms with E-state index < -0.39 is 0 Å². The maximum atomic E-state index is 12.6. The average molecular weight is 348 g/mol. The molecule has 0 bridgehead atoms. The first-order valence-corrected chi connectivity index (χ1v) is 9.87. The van der Waals surface area contributed by atoms with E-state index in [-0.39, 0.29) is 11.8 Å². The Balaban J connectivity index is 1.36. The Labute approximate surface area is 156 Å². The molecule has 1 spiro atoms. The van der Waals surface area contributed by atoms with E-state index in [1.54, 1.807) is 0 Å². The molecule has 1 amide bonds. The molecule has 2 N–H and O–H groups in total. The van der Waals surface area contributed by atoms with Gasteiger partial charge in [-0.2, -0.15) is 0 Å². The van der Waals surface area contributed by atoms with Gasteiger partial charge in [-0.3, -0.25) is 4.79 Å². The van der Waals surface area contributed by atoms with Crippen LogP contribution in [0.25, 0.3) is 0 Å². The Kier molecular flexibility index (Phi) is 5.07. The van der Waals surface area contributed by atoms with Crippen LogP contribution in [0.2, 0.25) is 0 Å². The van der Waals surface area contributed by atoms with Crippen molar-refractivity contribution in [2.45, 2.75) is 31.6 Å². The fraction of sp³-hybridized carbons (Fsp3) is 0.435. The third kappa shape index (κ3) is 3.68. The van der Waals surface area contributed by atoms with E-state index in [1.807, 2.05) is 0 Å². The summed E-state index contributed by atoms with van der Waals surface area (Å²) in [4.78, 5) is 12.6. The first kappa shape index (κ1) is 17.3. The Morgan fingerprint density at radius 1 is 1.00 bits per heavy atom. The maximum absolute atomic E-state index is 12.6. The molecule has 1 atom stereocenters. The van der Waals surface area contributed by atoms with Crippen molar-refractivity contribution in [2.24, 2.45) is 11.3 Å². The lowest BCUT2D eigenvalue weighted by Crippen LogP contribution is -2.34. The third-order valence-corrected chi connectivity index (χ3v) is 6.24. The second-order valence-corrected chi connectivity index (χ2v) is 7.82. The number of piperidine rings is 1. The highest BCUT2D eigenvalue weighted by molar-refractivity contribution is 5.82. The lowest BCUT2D eigenvalue weighted by Gasteiger charge is -2.23.